The molecule has 0 bridgehead atoms. The summed E-state index contributed by atoms with van der Waals surface area (Å²) in [7, 11) is 0. The van der Waals surface area contributed by atoms with Crippen molar-refractivity contribution >= 4 is 6.29 Å². The number of hydrogen-bond acceptors (Lipinski definition) is 3. The molecule has 68 valence electrons. The second kappa shape index (κ2) is 4.15. The molecule has 1 rings (SSSR count). The van der Waals surface area contributed by atoms with E-state index in [1.807, 2.05) is 6.07 Å². The Morgan fingerprint density at radius 1 is 1.43 bits per heavy atom. The first-order valence-electron chi connectivity index (χ1n) is 3.77. The molecule has 0 amide bonds. The Kier molecular flexibility index (Phi) is 2.93. The molecule has 0 N–H and O–H groups in total. The molecule has 0 radical (unpaired) electrons. The van der Waals surface area contributed by atoms with Gasteiger partial charge in [0.05, 0.1) is 29.7 Å². The Bertz CT molecular complexity index is 454. The van der Waals surface area contributed by atoms with Crippen LogP contribution >= 0.6 is 0 Å². The van der Waals surface area contributed by atoms with Crippen LogP contribution in [-0.4, -0.2) is 6.29 Å². The zero-order valence-corrected chi connectivity index (χ0v) is 7.12. The SMILES string of the molecule is N#CCc1cc(C=O)c(F)cc1C#N. The standard InChI is InChI=1S/C10H5FN2O/c11-10-4-8(5-13)7(1-2-12)3-9(10)6-14/h3-4,6H,1H2. The number of hydrogen-bond donors (Lipinski definition) is 0. The summed E-state index contributed by atoms with van der Waals surface area (Å²) < 4.78 is 13.0. The molecule has 1 aromatic carbocycles. The van der Waals surface area contributed by atoms with Crippen LogP contribution in [0, 0.1) is 28.5 Å². The van der Waals surface area contributed by atoms with Crippen molar-refractivity contribution in [2.24, 2.45) is 0 Å². The van der Waals surface area contributed by atoms with Crippen LogP contribution in [0.2, 0.25) is 0 Å². The largest absolute Gasteiger partial charge is 0.298 e. The fraction of sp³-hybridized carbons (Fsp3) is 0.100. The fourth-order valence-corrected chi connectivity index (χ4v) is 1.06. The monoisotopic (exact) mass is 188 g/mol. The van der Waals surface area contributed by atoms with E-state index in [0.29, 0.717) is 11.8 Å². The summed E-state index contributed by atoms with van der Waals surface area (Å²) in [5.74, 6) is -0.738. The topological polar surface area (TPSA) is 64.7 Å². The van der Waals surface area contributed by atoms with E-state index in [1.54, 1.807) is 6.07 Å². The summed E-state index contributed by atoms with van der Waals surface area (Å²) in [5, 5.41) is 17.0. The highest BCUT2D eigenvalue weighted by Gasteiger charge is 2.08. The average molecular weight is 188 g/mol. The van der Waals surface area contributed by atoms with Crippen LogP contribution in [0.15, 0.2) is 12.1 Å². The van der Waals surface area contributed by atoms with E-state index in [0.717, 1.165) is 6.07 Å². The lowest BCUT2D eigenvalue weighted by atomic mass is 10.0. The minimum Gasteiger partial charge on any atom is -0.298 e. The Balaban J connectivity index is 3.35. The van der Waals surface area contributed by atoms with Crippen molar-refractivity contribution in [3.05, 3.63) is 34.6 Å². The maximum Gasteiger partial charge on any atom is 0.153 e. The predicted molar refractivity (Wildman–Crippen MR) is 45.8 cm³/mol. The van der Waals surface area contributed by atoms with Gasteiger partial charge in [-0.05, 0) is 17.7 Å². The summed E-state index contributed by atoms with van der Waals surface area (Å²) in [5.41, 5.74) is 0.336. The number of rotatable bonds is 2. The summed E-state index contributed by atoms with van der Waals surface area (Å²) >= 11 is 0. The van der Waals surface area contributed by atoms with E-state index in [4.69, 9.17) is 10.5 Å². The van der Waals surface area contributed by atoms with Crippen molar-refractivity contribution < 1.29 is 9.18 Å². The van der Waals surface area contributed by atoms with Gasteiger partial charge in [0.15, 0.2) is 6.29 Å². The van der Waals surface area contributed by atoms with Crippen LogP contribution in [0.4, 0.5) is 4.39 Å². The van der Waals surface area contributed by atoms with E-state index in [1.165, 1.54) is 6.07 Å². The quantitative estimate of drug-likeness (QED) is 0.661. The summed E-state index contributed by atoms with van der Waals surface area (Å²) in [6.45, 7) is 0. The van der Waals surface area contributed by atoms with Crippen LogP contribution in [0.1, 0.15) is 21.5 Å². The summed E-state index contributed by atoms with van der Waals surface area (Å²) in [6.07, 6.45) is 0.349. The molecule has 0 fully saturated rings. The number of benzene rings is 1. The second-order valence-electron chi connectivity index (χ2n) is 2.60. The van der Waals surface area contributed by atoms with Crippen LogP contribution in [0.3, 0.4) is 0 Å². The van der Waals surface area contributed by atoms with Gasteiger partial charge in [-0.2, -0.15) is 10.5 Å². The molecule has 0 atom stereocenters. The van der Waals surface area contributed by atoms with Crippen molar-refractivity contribution in [2.75, 3.05) is 0 Å². The van der Waals surface area contributed by atoms with Crippen molar-refractivity contribution in [3.63, 3.8) is 0 Å². The van der Waals surface area contributed by atoms with Crippen LogP contribution in [0.5, 0.6) is 0 Å². The van der Waals surface area contributed by atoms with E-state index >= 15 is 0 Å². The number of carbonyl (C=O) groups is 1. The Hall–Kier alpha value is -2.20. The average Bonchev–Trinajstić information content (AvgIpc) is 2.20. The van der Waals surface area contributed by atoms with Gasteiger partial charge in [0.1, 0.15) is 5.82 Å². The number of nitriles is 2. The smallest absolute Gasteiger partial charge is 0.153 e. The maximum atomic E-state index is 13.0. The Morgan fingerprint density at radius 2 is 2.14 bits per heavy atom. The molecule has 0 heterocycles. The van der Waals surface area contributed by atoms with Crippen LogP contribution in [-0.2, 0) is 6.42 Å². The van der Waals surface area contributed by atoms with Gasteiger partial charge in [-0.25, -0.2) is 4.39 Å². The normalized spacial score (nSPS) is 8.79. The highest BCUT2D eigenvalue weighted by molar-refractivity contribution is 5.76. The van der Waals surface area contributed by atoms with E-state index in [9.17, 15) is 9.18 Å². The Labute approximate surface area is 80.0 Å². The molecule has 0 aliphatic carbocycles. The zero-order valence-electron chi connectivity index (χ0n) is 7.12. The number of halogens is 1. The van der Waals surface area contributed by atoms with Crippen molar-refractivity contribution in [2.45, 2.75) is 6.42 Å². The minimum atomic E-state index is -0.738. The van der Waals surface area contributed by atoms with Gasteiger partial charge >= 0.3 is 0 Å². The molecule has 0 aliphatic rings. The number of aldehydes is 1. The molecule has 0 aliphatic heterocycles. The first kappa shape index (κ1) is 9.88. The van der Waals surface area contributed by atoms with Gasteiger partial charge in [0, 0.05) is 0 Å². The summed E-state index contributed by atoms with van der Waals surface area (Å²) in [4.78, 5) is 10.4. The number of nitrogens with zero attached hydrogens (tertiary/aromatic N) is 2. The molecule has 0 aromatic heterocycles. The molecule has 3 nitrogen and oxygen atoms in total. The molecule has 14 heavy (non-hydrogen) atoms. The van der Waals surface area contributed by atoms with Gasteiger partial charge in [0.2, 0.25) is 0 Å². The zero-order chi connectivity index (χ0) is 10.6. The predicted octanol–water partition coefficient (Wildman–Crippen LogP) is 1.58. The maximum absolute atomic E-state index is 13.0. The van der Waals surface area contributed by atoms with Gasteiger partial charge in [-0.1, -0.05) is 0 Å². The molecular weight excluding hydrogens is 183 g/mol. The highest BCUT2D eigenvalue weighted by Crippen LogP contribution is 2.14. The Morgan fingerprint density at radius 3 is 2.64 bits per heavy atom. The molecule has 0 spiro atoms. The van der Waals surface area contributed by atoms with E-state index in [2.05, 4.69) is 0 Å². The van der Waals surface area contributed by atoms with E-state index < -0.39 is 5.82 Å². The molecular formula is C10H5FN2O. The molecule has 1 aromatic rings. The van der Waals surface area contributed by atoms with Gasteiger partial charge in [0.25, 0.3) is 0 Å². The van der Waals surface area contributed by atoms with E-state index in [-0.39, 0.29) is 17.5 Å². The lowest BCUT2D eigenvalue weighted by molar-refractivity contribution is 0.111. The van der Waals surface area contributed by atoms with Crippen LogP contribution < -0.4 is 0 Å². The summed E-state index contributed by atoms with van der Waals surface area (Å²) in [6, 6.07) is 5.80. The van der Waals surface area contributed by atoms with Gasteiger partial charge in [-0.3, -0.25) is 4.79 Å². The van der Waals surface area contributed by atoms with Crippen molar-refractivity contribution in [3.8, 4) is 12.1 Å². The first-order valence-corrected chi connectivity index (χ1v) is 3.77. The van der Waals surface area contributed by atoms with Crippen LogP contribution in [0.25, 0.3) is 0 Å². The highest BCUT2D eigenvalue weighted by atomic mass is 19.1. The van der Waals surface area contributed by atoms with Crippen molar-refractivity contribution in [1.82, 2.24) is 0 Å². The van der Waals surface area contributed by atoms with Crippen molar-refractivity contribution in [1.29, 1.82) is 10.5 Å². The molecule has 0 saturated carbocycles. The first-order chi connectivity index (χ1) is 6.72. The molecule has 4 heteroatoms. The molecule has 0 unspecified atom stereocenters. The molecule has 0 saturated heterocycles. The second-order valence-corrected chi connectivity index (χ2v) is 2.60. The fourth-order valence-electron chi connectivity index (χ4n) is 1.06. The minimum absolute atomic E-state index is 0.00991. The van der Waals surface area contributed by atoms with Gasteiger partial charge < -0.3 is 0 Å². The number of carbonyl (C=O) groups excluding carboxylic acids is 1. The third kappa shape index (κ3) is 1.75. The third-order valence-corrected chi connectivity index (χ3v) is 1.74. The third-order valence-electron chi connectivity index (χ3n) is 1.74. The lowest BCUT2D eigenvalue weighted by Gasteiger charge is -2.01. The lowest BCUT2D eigenvalue weighted by Crippen LogP contribution is -1.95. The van der Waals surface area contributed by atoms with Gasteiger partial charge in [-0.15, -0.1) is 0 Å².